The molecule has 1 N–H and O–H groups in total. The quantitative estimate of drug-likeness (QED) is 0.346. The minimum Gasteiger partial charge on any atom is -0.467 e. The number of amides is 1. The number of hydrogen-bond acceptors (Lipinski definition) is 5. The van der Waals surface area contributed by atoms with Crippen molar-refractivity contribution >= 4 is 11.9 Å². The molecule has 0 unspecified atom stereocenters. The second kappa shape index (κ2) is 10.7. The Kier molecular flexibility index (Phi) is 9.90. The van der Waals surface area contributed by atoms with Gasteiger partial charge in [-0.1, -0.05) is 6.08 Å². The summed E-state index contributed by atoms with van der Waals surface area (Å²) in [6.45, 7) is 4.21. The Bertz CT molecular complexity index is 267. The molecule has 104 valence electrons. The van der Waals surface area contributed by atoms with Crippen LogP contribution >= 0.6 is 0 Å². The van der Waals surface area contributed by atoms with E-state index in [-0.39, 0.29) is 12.5 Å². The number of methoxy groups -OCH3 is 2. The first-order valence-corrected chi connectivity index (χ1v) is 5.70. The Labute approximate surface area is 107 Å². The van der Waals surface area contributed by atoms with Gasteiger partial charge in [0.05, 0.1) is 20.3 Å². The van der Waals surface area contributed by atoms with Gasteiger partial charge in [-0.05, 0) is 12.8 Å². The lowest BCUT2D eigenvalue weighted by atomic mass is 10.1. The minimum atomic E-state index is -0.661. The monoisotopic (exact) mass is 259 g/mol. The molecule has 18 heavy (non-hydrogen) atoms. The number of carbonyl (C=O) groups excluding carboxylic acids is 2. The molecule has 0 aromatic rings. The molecule has 1 atom stereocenters. The number of carbonyl (C=O) groups is 2. The van der Waals surface area contributed by atoms with Crippen molar-refractivity contribution in [1.82, 2.24) is 5.32 Å². The SMILES string of the molecule is C=CCC[C@@H](NC(=O)COCCOC)C(=O)OC. The highest BCUT2D eigenvalue weighted by Gasteiger charge is 2.20. The van der Waals surface area contributed by atoms with Gasteiger partial charge in [0.15, 0.2) is 0 Å². The largest absolute Gasteiger partial charge is 0.467 e. The molecule has 0 aromatic carbocycles. The topological polar surface area (TPSA) is 73.9 Å². The molecule has 0 aliphatic rings. The number of ether oxygens (including phenoxy) is 3. The first-order valence-electron chi connectivity index (χ1n) is 5.70. The molecule has 0 radical (unpaired) electrons. The number of allylic oxidation sites excluding steroid dienone is 1. The summed E-state index contributed by atoms with van der Waals surface area (Å²) in [7, 11) is 2.83. The maximum Gasteiger partial charge on any atom is 0.328 e. The van der Waals surface area contributed by atoms with E-state index in [4.69, 9.17) is 9.47 Å². The van der Waals surface area contributed by atoms with Crippen LogP contribution in [0.3, 0.4) is 0 Å². The molecule has 0 saturated carbocycles. The Hall–Kier alpha value is -1.40. The number of rotatable bonds is 10. The minimum absolute atomic E-state index is 0.106. The third-order valence-corrected chi connectivity index (χ3v) is 2.15. The molecule has 0 aliphatic heterocycles. The molecule has 6 heteroatoms. The fourth-order valence-electron chi connectivity index (χ4n) is 1.22. The van der Waals surface area contributed by atoms with Gasteiger partial charge in [0, 0.05) is 7.11 Å². The van der Waals surface area contributed by atoms with Gasteiger partial charge >= 0.3 is 5.97 Å². The van der Waals surface area contributed by atoms with Gasteiger partial charge in [-0.15, -0.1) is 6.58 Å². The average Bonchev–Trinajstić information content (AvgIpc) is 2.38. The van der Waals surface area contributed by atoms with Crippen LogP contribution in [0.15, 0.2) is 12.7 Å². The fourth-order valence-corrected chi connectivity index (χ4v) is 1.22. The highest BCUT2D eigenvalue weighted by atomic mass is 16.5. The third-order valence-electron chi connectivity index (χ3n) is 2.15. The smallest absolute Gasteiger partial charge is 0.328 e. The van der Waals surface area contributed by atoms with Crippen LogP contribution in [0, 0.1) is 0 Å². The summed E-state index contributed by atoms with van der Waals surface area (Å²) in [6.07, 6.45) is 2.75. The van der Waals surface area contributed by atoms with E-state index < -0.39 is 12.0 Å². The Morgan fingerprint density at radius 2 is 2.06 bits per heavy atom. The van der Waals surface area contributed by atoms with E-state index in [1.807, 2.05) is 0 Å². The van der Waals surface area contributed by atoms with Gasteiger partial charge in [-0.25, -0.2) is 4.79 Å². The number of esters is 1. The molecule has 0 heterocycles. The van der Waals surface area contributed by atoms with Crippen molar-refractivity contribution < 1.29 is 23.8 Å². The van der Waals surface area contributed by atoms with Gasteiger partial charge in [0.1, 0.15) is 12.6 Å². The lowest BCUT2D eigenvalue weighted by Crippen LogP contribution is -2.43. The van der Waals surface area contributed by atoms with Gasteiger partial charge in [-0.2, -0.15) is 0 Å². The van der Waals surface area contributed by atoms with Crippen LogP contribution in [-0.4, -0.2) is 52.0 Å². The second-order valence-corrected chi connectivity index (χ2v) is 3.55. The lowest BCUT2D eigenvalue weighted by Gasteiger charge is -2.15. The molecule has 0 bridgehead atoms. The van der Waals surface area contributed by atoms with Crippen molar-refractivity contribution in [3.8, 4) is 0 Å². The average molecular weight is 259 g/mol. The van der Waals surface area contributed by atoms with Crippen molar-refractivity contribution in [1.29, 1.82) is 0 Å². The fraction of sp³-hybridized carbons (Fsp3) is 0.667. The molecule has 1 amide bonds. The van der Waals surface area contributed by atoms with E-state index in [0.29, 0.717) is 26.1 Å². The summed E-state index contributed by atoms with van der Waals surface area (Å²) in [5.74, 6) is -0.826. The summed E-state index contributed by atoms with van der Waals surface area (Å²) < 4.78 is 14.4. The van der Waals surface area contributed by atoms with Crippen molar-refractivity contribution in [2.24, 2.45) is 0 Å². The van der Waals surface area contributed by atoms with E-state index in [1.165, 1.54) is 7.11 Å². The molecule has 0 aromatic heterocycles. The van der Waals surface area contributed by atoms with Gasteiger partial charge in [0.2, 0.25) is 5.91 Å². The molecule has 0 saturated heterocycles. The number of nitrogens with one attached hydrogen (secondary N) is 1. The number of hydrogen-bond donors (Lipinski definition) is 1. The summed E-state index contributed by atoms with van der Waals surface area (Å²) in [4.78, 5) is 22.9. The summed E-state index contributed by atoms with van der Waals surface area (Å²) in [5, 5.41) is 2.55. The molecule has 0 spiro atoms. The van der Waals surface area contributed by atoms with Crippen LogP contribution in [-0.2, 0) is 23.8 Å². The molecular formula is C12H21NO5. The van der Waals surface area contributed by atoms with Crippen molar-refractivity contribution in [3.05, 3.63) is 12.7 Å². The predicted molar refractivity (Wildman–Crippen MR) is 66.1 cm³/mol. The van der Waals surface area contributed by atoms with Crippen molar-refractivity contribution in [2.75, 3.05) is 34.0 Å². The first kappa shape index (κ1) is 16.6. The summed E-state index contributed by atoms with van der Waals surface area (Å²) in [5.41, 5.74) is 0. The Balaban J connectivity index is 4.01. The van der Waals surface area contributed by atoms with Crippen LogP contribution in [0.25, 0.3) is 0 Å². The van der Waals surface area contributed by atoms with Gasteiger partial charge in [0.25, 0.3) is 0 Å². The summed E-state index contributed by atoms with van der Waals surface area (Å²) >= 11 is 0. The standard InChI is InChI=1S/C12H21NO5/c1-4-5-6-10(12(15)17-3)13-11(14)9-18-8-7-16-2/h4,10H,1,5-9H2,2-3H3,(H,13,14)/t10-/m1/s1. The van der Waals surface area contributed by atoms with E-state index in [0.717, 1.165) is 0 Å². The predicted octanol–water partition coefficient (Wildman–Crippen LogP) is 0.273. The lowest BCUT2D eigenvalue weighted by molar-refractivity contribution is -0.145. The van der Waals surface area contributed by atoms with Gasteiger partial charge in [-0.3, -0.25) is 4.79 Å². The van der Waals surface area contributed by atoms with Crippen molar-refractivity contribution in [2.45, 2.75) is 18.9 Å². The highest BCUT2D eigenvalue weighted by molar-refractivity contribution is 5.84. The zero-order chi connectivity index (χ0) is 13.8. The molecule has 0 rings (SSSR count). The Morgan fingerprint density at radius 1 is 1.33 bits per heavy atom. The molecule has 0 fully saturated rings. The second-order valence-electron chi connectivity index (χ2n) is 3.55. The van der Waals surface area contributed by atoms with Crippen LogP contribution in [0.2, 0.25) is 0 Å². The molecular weight excluding hydrogens is 238 g/mol. The zero-order valence-corrected chi connectivity index (χ0v) is 10.9. The maximum absolute atomic E-state index is 11.5. The first-order chi connectivity index (χ1) is 8.65. The van der Waals surface area contributed by atoms with Crippen LogP contribution in [0.5, 0.6) is 0 Å². The Morgan fingerprint density at radius 3 is 2.61 bits per heavy atom. The van der Waals surface area contributed by atoms with Crippen LogP contribution in [0.1, 0.15) is 12.8 Å². The molecule has 6 nitrogen and oxygen atoms in total. The van der Waals surface area contributed by atoms with Crippen LogP contribution in [0.4, 0.5) is 0 Å². The zero-order valence-electron chi connectivity index (χ0n) is 10.9. The normalized spacial score (nSPS) is 11.7. The molecule has 0 aliphatic carbocycles. The van der Waals surface area contributed by atoms with E-state index in [1.54, 1.807) is 13.2 Å². The van der Waals surface area contributed by atoms with Gasteiger partial charge < -0.3 is 19.5 Å². The highest BCUT2D eigenvalue weighted by Crippen LogP contribution is 2.00. The summed E-state index contributed by atoms with van der Waals surface area (Å²) in [6, 6.07) is -0.661. The van der Waals surface area contributed by atoms with Crippen molar-refractivity contribution in [3.63, 3.8) is 0 Å². The maximum atomic E-state index is 11.5. The van der Waals surface area contributed by atoms with E-state index in [9.17, 15) is 9.59 Å². The van der Waals surface area contributed by atoms with E-state index in [2.05, 4.69) is 16.6 Å². The third kappa shape index (κ3) is 7.81. The van der Waals surface area contributed by atoms with Crippen LogP contribution < -0.4 is 5.32 Å². The van der Waals surface area contributed by atoms with E-state index >= 15 is 0 Å².